The number of amides is 1. The number of carbonyl (C=O) groups excluding carboxylic acids is 2. The second kappa shape index (κ2) is 6.44. The van der Waals surface area contributed by atoms with Crippen LogP contribution in [-0.2, 0) is 4.74 Å². The van der Waals surface area contributed by atoms with Gasteiger partial charge in [0, 0.05) is 17.7 Å². The quantitative estimate of drug-likeness (QED) is 0.841. The molecule has 26 heavy (non-hydrogen) atoms. The summed E-state index contributed by atoms with van der Waals surface area (Å²) >= 11 is 0. The highest BCUT2D eigenvalue weighted by molar-refractivity contribution is 6.19. The molecule has 4 rings (SSSR count). The Bertz CT molecular complexity index is 948. The molecular formula is C19H16N4O3. The van der Waals surface area contributed by atoms with Gasteiger partial charge in [-0.05, 0) is 36.4 Å². The van der Waals surface area contributed by atoms with E-state index < -0.39 is 5.97 Å². The van der Waals surface area contributed by atoms with Crippen LogP contribution in [-0.4, -0.2) is 48.8 Å². The van der Waals surface area contributed by atoms with Crippen molar-refractivity contribution >= 4 is 29.4 Å². The number of guanidine groups is 1. The van der Waals surface area contributed by atoms with E-state index in [4.69, 9.17) is 0 Å². The molecule has 0 aliphatic carbocycles. The minimum absolute atomic E-state index is 0.300. The van der Waals surface area contributed by atoms with Crippen LogP contribution in [0.4, 0.5) is 5.69 Å². The van der Waals surface area contributed by atoms with Crippen LogP contribution in [0.1, 0.15) is 26.3 Å². The van der Waals surface area contributed by atoms with Crippen molar-refractivity contribution in [3.63, 3.8) is 0 Å². The Morgan fingerprint density at radius 1 is 1.08 bits per heavy atom. The van der Waals surface area contributed by atoms with Crippen molar-refractivity contribution in [2.45, 2.75) is 0 Å². The Hall–Kier alpha value is -3.48. The molecule has 2 aliphatic heterocycles. The number of amidine groups is 1. The Labute approximate surface area is 150 Å². The third kappa shape index (κ3) is 2.73. The van der Waals surface area contributed by atoms with Crippen LogP contribution in [0.25, 0.3) is 0 Å². The average Bonchev–Trinajstić information content (AvgIpc) is 3.18. The lowest BCUT2D eigenvalue weighted by Crippen LogP contribution is -2.47. The Kier molecular flexibility index (Phi) is 3.96. The molecule has 2 aromatic carbocycles. The summed E-state index contributed by atoms with van der Waals surface area (Å²) in [5, 5.41) is 2.85. The van der Waals surface area contributed by atoms with Crippen molar-refractivity contribution in [2.75, 3.05) is 20.2 Å². The molecule has 2 heterocycles. The van der Waals surface area contributed by atoms with E-state index in [0.717, 1.165) is 17.1 Å². The Morgan fingerprint density at radius 3 is 2.58 bits per heavy atom. The number of fused-ring (bicyclic) bond motifs is 3. The molecule has 1 N–H and O–H groups in total. The molecular weight excluding hydrogens is 332 g/mol. The van der Waals surface area contributed by atoms with Crippen LogP contribution in [0.2, 0.25) is 0 Å². The lowest BCUT2D eigenvalue weighted by molar-refractivity contribution is 0.0600. The van der Waals surface area contributed by atoms with Crippen LogP contribution in [0.15, 0.2) is 58.5 Å². The lowest BCUT2D eigenvalue weighted by Gasteiger charge is -2.27. The van der Waals surface area contributed by atoms with Gasteiger partial charge in [0.25, 0.3) is 5.91 Å². The number of nitrogens with zero attached hydrogens (tertiary/aromatic N) is 3. The van der Waals surface area contributed by atoms with Crippen molar-refractivity contribution in [3.05, 3.63) is 65.2 Å². The van der Waals surface area contributed by atoms with Gasteiger partial charge in [-0.2, -0.15) is 0 Å². The highest BCUT2D eigenvalue weighted by Crippen LogP contribution is 2.27. The standard InChI is InChI=1S/C19H16N4O3/c1-26-18(25)13-8-6-12(7-9-13)17(24)22-19-21-15-5-3-2-4-14(15)16-20-10-11-23(16)19/h2-9H,10-11H2,1H3,(H,21,22,24). The molecule has 7 heteroatoms. The number of para-hydroxylation sites is 1. The number of carbonyl (C=O) groups is 2. The van der Waals surface area contributed by atoms with E-state index in [-0.39, 0.29) is 5.91 Å². The van der Waals surface area contributed by atoms with Crippen molar-refractivity contribution in [2.24, 2.45) is 9.98 Å². The van der Waals surface area contributed by atoms with Gasteiger partial charge in [0.1, 0.15) is 5.84 Å². The number of nitrogens with one attached hydrogen (secondary N) is 1. The maximum Gasteiger partial charge on any atom is 0.337 e. The maximum atomic E-state index is 12.6. The zero-order valence-corrected chi connectivity index (χ0v) is 14.1. The van der Waals surface area contributed by atoms with E-state index in [1.807, 2.05) is 29.2 Å². The van der Waals surface area contributed by atoms with Crippen molar-refractivity contribution in [1.29, 1.82) is 0 Å². The van der Waals surface area contributed by atoms with E-state index in [0.29, 0.717) is 30.2 Å². The molecule has 2 aromatic rings. The molecule has 130 valence electrons. The minimum Gasteiger partial charge on any atom is -0.465 e. The normalized spacial score (nSPS) is 14.7. The number of hydrogen-bond acceptors (Lipinski definition) is 6. The summed E-state index contributed by atoms with van der Waals surface area (Å²) in [5.41, 5.74) is 2.56. The van der Waals surface area contributed by atoms with Crippen LogP contribution in [0, 0.1) is 0 Å². The first-order chi connectivity index (χ1) is 12.7. The van der Waals surface area contributed by atoms with Gasteiger partial charge in [0.2, 0.25) is 5.96 Å². The Morgan fingerprint density at radius 2 is 1.81 bits per heavy atom. The summed E-state index contributed by atoms with van der Waals surface area (Å²) in [6, 6.07) is 14.0. The molecule has 0 atom stereocenters. The first-order valence-electron chi connectivity index (χ1n) is 8.17. The van der Waals surface area contributed by atoms with Gasteiger partial charge < -0.3 is 4.74 Å². The van der Waals surface area contributed by atoms with Gasteiger partial charge >= 0.3 is 5.97 Å². The molecule has 0 radical (unpaired) electrons. The van der Waals surface area contributed by atoms with Gasteiger partial charge in [-0.15, -0.1) is 0 Å². The van der Waals surface area contributed by atoms with Gasteiger partial charge in [-0.3, -0.25) is 20.0 Å². The predicted octanol–water partition coefficient (Wildman–Crippen LogP) is 1.97. The van der Waals surface area contributed by atoms with E-state index in [1.165, 1.54) is 7.11 Å². The fourth-order valence-corrected chi connectivity index (χ4v) is 2.96. The largest absolute Gasteiger partial charge is 0.465 e. The lowest BCUT2D eigenvalue weighted by atomic mass is 10.1. The summed E-state index contributed by atoms with van der Waals surface area (Å²) in [7, 11) is 1.32. The summed E-state index contributed by atoms with van der Waals surface area (Å²) in [5.74, 6) is 0.544. The zero-order chi connectivity index (χ0) is 18.1. The summed E-state index contributed by atoms with van der Waals surface area (Å²) in [6.07, 6.45) is 0. The fourth-order valence-electron chi connectivity index (χ4n) is 2.96. The number of ether oxygens (including phenoxy) is 1. The van der Waals surface area contributed by atoms with E-state index in [9.17, 15) is 9.59 Å². The number of aliphatic imine (C=N–C) groups is 2. The highest BCUT2D eigenvalue weighted by Gasteiger charge is 2.30. The molecule has 7 nitrogen and oxygen atoms in total. The minimum atomic E-state index is -0.442. The number of benzene rings is 2. The molecule has 0 saturated heterocycles. The third-order valence-corrected chi connectivity index (χ3v) is 4.26. The molecule has 2 aliphatic rings. The summed E-state index contributed by atoms with van der Waals surface area (Å²) < 4.78 is 4.66. The average molecular weight is 348 g/mol. The third-order valence-electron chi connectivity index (χ3n) is 4.26. The summed E-state index contributed by atoms with van der Waals surface area (Å²) in [4.78, 5) is 35.1. The first kappa shape index (κ1) is 16.0. The number of hydrogen-bond donors (Lipinski definition) is 1. The van der Waals surface area contributed by atoms with Crippen molar-refractivity contribution in [1.82, 2.24) is 10.2 Å². The fraction of sp³-hybridized carbons (Fsp3) is 0.158. The number of methoxy groups -OCH3 is 1. The number of rotatable bonds is 2. The molecule has 0 unspecified atom stereocenters. The van der Waals surface area contributed by atoms with Crippen LogP contribution >= 0.6 is 0 Å². The predicted molar refractivity (Wildman–Crippen MR) is 96.9 cm³/mol. The van der Waals surface area contributed by atoms with E-state index >= 15 is 0 Å². The highest BCUT2D eigenvalue weighted by atomic mass is 16.5. The van der Waals surface area contributed by atoms with Gasteiger partial charge in [0.15, 0.2) is 0 Å². The molecule has 0 saturated carbocycles. The van der Waals surface area contributed by atoms with Crippen molar-refractivity contribution < 1.29 is 14.3 Å². The van der Waals surface area contributed by atoms with Crippen LogP contribution < -0.4 is 5.32 Å². The van der Waals surface area contributed by atoms with Gasteiger partial charge in [0.05, 0.1) is 24.9 Å². The maximum absolute atomic E-state index is 12.6. The number of esters is 1. The molecule has 1 amide bonds. The van der Waals surface area contributed by atoms with E-state index in [2.05, 4.69) is 20.0 Å². The molecule has 0 aromatic heterocycles. The smallest absolute Gasteiger partial charge is 0.337 e. The van der Waals surface area contributed by atoms with Crippen molar-refractivity contribution in [3.8, 4) is 0 Å². The first-order valence-corrected chi connectivity index (χ1v) is 8.17. The SMILES string of the molecule is COC(=O)c1ccc(C(=O)NC2=Nc3ccccc3C3=NCCN23)cc1. The van der Waals surface area contributed by atoms with Crippen LogP contribution in [0.5, 0.6) is 0 Å². The second-order valence-electron chi connectivity index (χ2n) is 5.83. The van der Waals surface area contributed by atoms with Gasteiger partial charge in [-0.1, -0.05) is 12.1 Å². The summed E-state index contributed by atoms with van der Waals surface area (Å²) in [6.45, 7) is 1.33. The topological polar surface area (TPSA) is 83.4 Å². The van der Waals surface area contributed by atoms with E-state index in [1.54, 1.807) is 24.3 Å². The molecule has 0 spiro atoms. The molecule has 0 bridgehead atoms. The monoisotopic (exact) mass is 348 g/mol. The second-order valence-corrected chi connectivity index (χ2v) is 5.83. The Balaban J connectivity index is 1.59. The molecule has 0 fully saturated rings. The van der Waals surface area contributed by atoms with Gasteiger partial charge in [-0.25, -0.2) is 9.79 Å². The van der Waals surface area contributed by atoms with Crippen LogP contribution in [0.3, 0.4) is 0 Å². The zero-order valence-electron chi connectivity index (χ0n) is 14.1.